The first kappa shape index (κ1) is 41.8. The van der Waals surface area contributed by atoms with E-state index in [0.29, 0.717) is 27.4 Å². The van der Waals surface area contributed by atoms with Crippen LogP contribution in [0.15, 0.2) is 41.0 Å². The molecule has 7 rings (SSSR count). The molecule has 0 bridgehead atoms. The van der Waals surface area contributed by atoms with E-state index < -0.39 is 87.1 Å². The van der Waals surface area contributed by atoms with Gasteiger partial charge in [-0.1, -0.05) is 36.4 Å². The van der Waals surface area contributed by atoms with Crippen molar-refractivity contribution in [3.05, 3.63) is 80.8 Å². The van der Waals surface area contributed by atoms with Gasteiger partial charge in [-0.2, -0.15) is 32.1 Å². The topological polar surface area (TPSA) is 144 Å². The molecule has 4 atom stereocenters. The lowest BCUT2D eigenvalue weighted by atomic mass is 9.89. The number of aliphatic imine (C=N–C) groups is 1. The minimum absolute atomic E-state index is 0.00755. The molecule has 59 heavy (non-hydrogen) atoms. The van der Waals surface area contributed by atoms with Crippen LogP contribution in [-0.4, -0.2) is 63.1 Å². The van der Waals surface area contributed by atoms with Gasteiger partial charge in [-0.05, 0) is 54.5 Å². The van der Waals surface area contributed by atoms with Crippen LogP contribution in [0.1, 0.15) is 66.6 Å². The second-order valence-electron chi connectivity index (χ2n) is 14.4. The molecule has 11 nitrogen and oxygen atoms in total. The number of benzene rings is 2. The van der Waals surface area contributed by atoms with Gasteiger partial charge in [0.05, 0.1) is 51.5 Å². The Kier molecular flexibility index (Phi) is 10.9. The van der Waals surface area contributed by atoms with E-state index in [1.165, 1.54) is 17.8 Å². The number of aliphatic hydroxyl groups is 1. The third-order valence-corrected chi connectivity index (χ3v) is 11.0. The van der Waals surface area contributed by atoms with Crippen molar-refractivity contribution >= 4 is 55.5 Å². The van der Waals surface area contributed by atoms with Gasteiger partial charge in [-0.3, -0.25) is 18.9 Å². The predicted molar refractivity (Wildman–Crippen MR) is 204 cm³/mol. The normalized spacial score (nSPS) is 19.3. The second-order valence-corrected chi connectivity index (χ2v) is 16.5. The zero-order valence-corrected chi connectivity index (χ0v) is 32.9. The number of aryl methyl sites for hydroxylation is 1. The van der Waals surface area contributed by atoms with Crippen LogP contribution in [0, 0.1) is 41.2 Å². The number of aromatic nitrogens is 4. The van der Waals surface area contributed by atoms with Gasteiger partial charge in [0.25, 0.3) is 5.92 Å². The zero-order valence-electron chi connectivity index (χ0n) is 31.3. The summed E-state index contributed by atoms with van der Waals surface area (Å²) in [5.41, 5.74) is -2.08. The lowest BCUT2D eigenvalue weighted by Crippen LogP contribution is -2.41. The highest BCUT2D eigenvalue weighted by molar-refractivity contribution is 7.92. The average Bonchev–Trinajstić information content (AvgIpc) is 3.89. The molecule has 3 heterocycles. The quantitative estimate of drug-likeness (QED) is 0.124. The highest BCUT2D eigenvalue weighted by Crippen LogP contribution is 2.58. The van der Waals surface area contributed by atoms with Crippen molar-refractivity contribution in [2.24, 2.45) is 18.0 Å². The third kappa shape index (κ3) is 8.15. The van der Waals surface area contributed by atoms with Crippen LogP contribution in [0.5, 0.6) is 0 Å². The number of aliphatic hydroxyl groups excluding tert-OH is 1. The van der Waals surface area contributed by atoms with Gasteiger partial charge >= 0.3 is 6.18 Å². The number of sulfonamides is 1. The van der Waals surface area contributed by atoms with Crippen molar-refractivity contribution in [2.45, 2.75) is 75.7 Å². The van der Waals surface area contributed by atoms with E-state index in [9.17, 15) is 40.3 Å². The van der Waals surface area contributed by atoms with E-state index in [2.05, 4.69) is 43.9 Å². The predicted octanol–water partition coefficient (Wildman–Crippen LogP) is 6.45. The Morgan fingerprint density at radius 2 is 1.86 bits per heavy atom. The van der Waals surface area contributed by atoms with Crippen molar-refractivity contribution in [1.82, 2.24) is 24.9 Å². The number of alkyl halides is 5. The summed E-state index contributed by atoms with van der Waals surface area (Å²) >= 11 is 6.58. The average molecular weight is 864 g/mol. The van der Waals surface area contributed by atoms with Crippen LogP contribution < -0.4 is 10.0 Å². The number of nitrogens with zero attached hydrogens (tertiary/aromatic N) is 5. The maximum absolute atomic E-state index is 15.8. The Labute approximate surface area is 337 Å². The lowest BCUT2D eigenvalue weighted by Gasteiger charge is -2.27. The number of hydrogen-bond donors (Lipinski definition) is 3. The molecule has 0 spiro atoms. The second kappa shape index (κ2) is 15.3. The molecule has 1 amide bonds. The van der Waals surface area contributed by atoms with Crippen LogP contribution in [0.4, 0.5) is 36.6 Å². The fraction of sp³-hybridized carbons (Fsp3) is 0.385. The largest absolute Gasteiger partial charge is 0.435 e. The van der Waals surface area contributed by atoms with Crippen molar-refractivity contribution in [1.29, 1.82) is 0 Å². The first-order chi connectivity index (χ1) is 27.7. The summed E-state index contributed by atoms with van der Waals surface area (Å²) in [4.78, 5) is 18.8. The molecular formula is C39H33ClF7N7O4S. The summed E-state index contributed by atoms with van der Waals surface area (Å²) in [5, 5.41) is 20.9. The SMILES string of the molecule is CCC(O)C#CC1=NC([C@H](Cc2cc(F)cc(F)c2)NC(=O)Cn2nc(C(F)(F)F)c3c2C(F)(F)[C@@H]2CC#C[C@H]32)=C(c2ccc(Cl)c3c(NS(C)(=O)=O)nn(C)c23)CC1. The van der Waals surface area contributed by atoms with Gasteiger partial charge in [0.2, 0.25) is 15.9 Å². The van der Waals surface area contributed by atoms with Crippen molar-refractivity contribution in [2.75, 3.05) is 11.0 Å². The van der Waals surface area contributed by atoms with Crippen LogP contribution in [-0.2, 0) is 46.9 Å². The summed E-state index contributed by atoms with van der Waals surface area (Å²) in [6.45, 7) is 0.577. The molecule has 0 radical (unpaired) electrons. The minimum Gasteiger partial charge on any atom is -0.380 e. The fourth-order valence-electron chi connectivity index (χ4n) is 7.71. The zero-order chi connectivity index (χ0) is 42.8. The number of carbonyl (C=O) groups excluding carboxylic acids is 1. The molecule has 0 saturated heterocycles. The number of amides is 1. The molecular weight excluding hydrogens is 831 g/mol. The van der Waals surface area contributed by atoms with E-state index in [0.717, 1.165) is 18.4 Å². The molecule has 3 aliphatic rings. The Balaban J connectivity index is 1.39. The van der Waals surface area contributed by atoms with E-state index in [4.69, 9.17) is 16.6 Å². The smallest absolute Gasteiger partial charge is 0.380 e. The Hall–Kier alpha value is -5.37. The Morgan fingerprint density at radius 1 is 1.15 bits per heavy atom. The molecule has 20 heteroatoms. The molecule has 2 aliphatic carbocycles. The standard InChI is InChI=1S/C39H33ClF7N7O4S/c1-4-23(55)10-8-22-9-11-24(25-12-13-28(40)32-34(25)53(2)51-37(32)52-59(3,57)58)33(48-22)29(16-19-14-20(41)17-21(42)15-19)49-30(56)18-54-36-31(35(50-54)39(45,46)47)26-6-5-7-27(26)38(36,43)44/h12-15,17,23,26-27,29,55H,4,7,9,11,16,18H2,1-3H3,(H,49,56)(H,51,52)/t23?,26-,27+,29-/m0/s1. The summed E-state index contributed by atoms with van der Waals surface area (Å²) in [5.74, 6) is 0.391. The maximum atomic E-state index is 15.8. The first-order valence-electron chi connectivity index (χ1n) is 18.1. The number of allylic oxidation sites excluding steroid dienone is 1. The molecule has 1 aliphatic heterocycles. The van der Waals surface area contributed by atoms with Crippen molar-refractivity contribution in [3.8, 4) is 23.7 Å². The Morgan fingerprint density at radius 3 is 2.53 bits per heavy atom. The minimum atomic E-state index is -5.16. The monoisotopic (exact) mass is 863 g/mol. The molecule has 4 aromatic rings. The molecule has 310 valence electrons. The highest BCUT2D eigenvalue weighted by atomic mass is 35.5. The molecule has 0 saturated carbocycles. The Bertz CT molecular complexity index is 2700. The third-order valence-electron chi connectivity index (χ3n) is 10.1. The number of hydrogen-bond acceptors (Lipinski definition) is 7. The van der Waals surface area contributed by atoms with Gasteiger partial charge < -0.3 is 10.4 Å². The van der Waals surface area contributed by atoms with E-state index in [-0.39, 0.29) is 65.3 Å². The summed E-state index contributed by atoms with van der Waals surface area (Å²) in [6, 6.07) is 4.31. The summed E-state index contributed by atoms with van der Waals surface area (Å²) in [7, 11) is -2.33. The highest BCUT2D eigenvalue weighted by Gasteiger charge is 2.61. The lowest BCUT2D eigenvalue weighted by molar-refractivity contribution is -0.142. The van der Waals surface area contributed by atoms with Gasteiger partial charge in [-0.15, -0.1) is 5.92 Å². The van der Waals surface area contributed by atoms with Crippen molar-refractivity contribution < 1.29 is 49.1 Å². The maximum Gasteiger partial charge on any atom is 0.435 e. The van der Waals surface area contributed by atoms with Crippen LogP contribution in [0.2, 0.25) is 5.02 Å². The van der Waals surface area contributed by atoms with E-state index >= 15 is 8.78 Å². The number of halogens is 8. The molecule has 1 unspecified atom stereocenters. The van der Waals surface area contributed by atoms with Crippen molar-refractivity contribution in [3.63, 3.8) is 0 Å². The number of carbonyl (C=O) groups is 1. The molecule has 3 N–H and O–H groups in total. The summed E-state index contributed by atoms with van der Waals surface area (Å²) < 4.78 is 132. The fourth-order valence-corrected chi connectivity index (χ4v) is 8.45. The number of anilines is 1. The van der Waals surface area contributed by atoms with E-state index in [1.807, 2.05) is 0 Å². The van der Waals surface area contributed by atoms with Crippen LogP contribution in [0.3, 0.4) is 0 Å². The van der Waals surface area contributed by atoms with Crippen LogP contribution in [0.25, 0.3) is 16.5 Å². The number of fused-ring (bicyclic) bond motifs is 4. The van der Waals surface area contributed by atoms with Gasteiger partial charge in [-0.25, -0.2) is 22.2 Å². The molecule has 0 fully saturated rings. The molecule has 2 aromatic heterocycles. The van der Waals surface area contributed by atoms with Gasteiger partial charge in [0.15, 0.2) is 11.5 Å². The molecule has 2 aromatic carbocycles. The van der Waals surface area contributed by atoms with E-state index in [1.54, 1.807) is 13.0 Å². The first-order valence-corrected chi connectivity index (χ1v) is 20.4. The van der Waals surface area contributed by atoms with Gasteiger partial charge in [0.1, 0.15) is 30.0 Å². The number of nitrogens with one attached hydrogen (secondary N) is 2. The van der Waals surface area contributed by atoms with Crippen LogP contribution >= 0.6 is 11.6 Å². The summed E-state index contributed by atoms with van der Waals surface area (Å²) in [6.07, 6.45) is -5.42. The van der Waals surface area contributed by atoms with Gasteiger partial charge in [0, 0.05) is 37.1 Å². The number of rotatable bonds is 10.